The number of aliphatic hydroxyl groups is 1. The molecule has 0 saturated heterocycles. The van der Waals surface area contributed by atoms with Crippen LogP contribution in [0, 0.1) is 0 Å². The quantitative estimate of drug-likeness (QED) is 0.842. The molecule has 0 aliphatic rings. The molecule has 90 valence electrons. The van der Waals surface area contributed by atoms with Crippen LogP contribution in [-0.4, -0.2) is 11.1 Å². The molecule has 0 aliphatic carbocycles. The van der Waals surface area contributed by atoms with Gasteiger partial charge in [-0.15, -0.1) is 0 Å². The molecule has 0 spiro atoms. The Morgan fingerprint density at radius 1 is 1.25 bits per heavy atom. The van der Waals surface area contributed by atoms with Gasteiger partial charge in [-0.05, 0) is 24.1 Å². The van der Waals surface area contributed by atoms with Crippen molar-refractivity contribution in [3.63, 3.8) is 0 Å². The van der Waals surface area contributed by atoms with Gasteiger partial charge in [0.2, 0.25) is 0 Å². The van der Waals surface area contributed by atoms with E-state index in [1.54, 1.807) is 6.92 Å². The second-order valence-corrected chi connectivity index (χ2v) is 3.64. The largest absolute Gasteiger partial charge is 0.416 e. The number of nitrogens with two attached hydrogens (primary N) is 1. The molecule has 0 aliphatic heterocycles. The first-order chi connectivity index (χ1) is 7.36. The van der Waals surface area contributed by atoms with E-state index >= 15 is 0 Å². The molecule has 0 unspecified atom stereocenters. The average Bonchev–Trinajstić information content (AvgIpc) is 2.26. The summed E-state index contributed by atoms with van der Waals surface area (Å²) in [7, 11) is 0. The average molecular weight is 233 g/mol. The molecular formula is C11H14F3NO. The Balaban J connectivity index is 2.87. The molecule has 0 amide bonds. The lowest BCUT2D eigenvalue weighted by atomic mass is 10.00. The first kappa shape index (κ1) is 13.0. The highest BCUT2D eigenvalue weighted by atomic mass is 19.4. The first-order valence-electron chi connectivity index (χ1n) is 4.97. The number of halogens is 3. The maximum absolute atomic E-state index is 12.3. The number of hydrogen-bond donors (Lipinski definition) is 2. The van der Waals surface area contributed by atoms with E-state index < -0.39 is 23.9 Å². The number of hydrogen-bond acceptors (Lipinski definition) is 2. The van der Waals surface area contributed by atoms with Gasteiger partial charge in [0.25, 0.3) is 0 Å². The standard InChI is InChI=1S/C11H14F3NO/c1-2-9(15)10(16)7-3-5-8(6-4-7)11(12,13)14/h3-6,9-10,16H,2,15H2,1H3/t9-,10+/m0/s1. The fraction of sp³-hybridized carbons (Fsp3) is 0.455. The van der Waals surface area contributed by atoms with Gasteiger partial charge in [0.05, 0.1) is 11.7 Å². The third-order valence-corrected chi connectivity index (χ3v) is 2.46. The summed E-state index contributed by atoms with van der Waals surface area (Å²) in [5.74, 6) is 0. The van der Waals surface area contributed by atoms with E-state index in [0.29, 0.717) is 12.0 Å². The third-order valence-electron chi connectivity index (χ3n) is 2.46. The van der Waals surface area contributed by atoms with Crippen molar-refractivity contribution in [2.45, 2.75) is 31.7 Å². The molecule has 1 rings (SSSR count). The van der Waals surface area contributed by atoms with Crippen molar-refractivity contribution in [2.24, 2.45) is 5.73 Å². The van der Waals surface area contributed by atoms with Crippen LogP contribution in [0.2, 0.25) is 0 Å². The predicted octanol–water partition coefficient (Wildman–Crippen LogP) is 2.48. The number of alkyl halides is 3. The Hall–Kier alpha value is -1.07. The Bertz CT molecular complexity index is 334. The summed E-state index contributed by atoms with van der Waals surface area (Å²) < 4.78 is 36.8. The minimum Gasteiger partial charge on any atom is -0.387 e. The Morgan fingerprint density at radius 2 is 1.75 bits per heavy atom. The van der Waals surface area contributed by atoms with Gasteiger partial charge < -0.3 is 10.8 Å². The lowest BCUT2D eigenvalue weighted by molar-refractivity contribution is -0.137. The van der Waals surface area contributed by atoms with Gasteiger partial charge in [0.15, 0.2) is 0 Å². The molecule has 0 fully saturated rings. The van der Waals surface area contributed by atoms with E-state index in [0.717, 1.165) is 12.1 Å². The molecule has 16 heavy (non-hydrogen) atoms. The van der Waals surface area contributed by atoms with E-state index in [1.807, 2.05) is 0 Å². The van der Waals surface area contributed by atoms with Crippen molar-refractivity contribution in [2.75, 3.05) is 0 Å². The van der Waals surface area contributed by atoms with E-state index in [4.69, 9.17) is 5.73 Å². The van der Waals surface area contributed by atoms with Crippen LogP contribution in [0.25, 0.3) is 0 Å². The number of aliphatic hydroxyl groups excluding tert-OH is 1. The van der Waals surface area contributed by atoms with Crippen molar-refractivity contribution in [3.8, 4) is 0 Å². The molecule has 2 nitrogen and oxygen atoms in total. The summed E-state index contributed by atoms with van der Waals surface area (Å²) in [6.45, 7) is 1.80. The summed E-state index contributed by atoms with van der Waals surface area (Å²) in [6.07, 6.45) is -4.72. The van der Waals surface area contributed by atoms with Crippen LogP contribution in [0.1, 0.15) is 30.6 Å². The molecule has 3 N–H and O–H groups in total. The maximum Gasteiger partial charge on any atom is 0.416 e. The minimum absolute atomic E-state index is 0.405. The lowest BCUT2D eigenvalue weighted by Crippen LogP contribution is -2.27. The molecule has 1 aromatic rings. The summed E-state index contributed by atoms with van der Waals surface area (Å²) in [6, 6.07) is 3.94. The molecule has 0 bridgehead atoms. The van der Waals surface area contributed by atoms with Crippen LogP contribution in [0.4, 0.5) is 13.2 Å². The second kappa shape index (κ2) is 4.84. The van der Waals surface area contributed by atoms with Crippen LogP contribution in [-0.2, 0) is 6.18 Å². The van der Waals surface area contributed by atoms with Crippen LogP contribution >= 0.6 is 0 Å². The zero-order valence-electron chi connectivity index (χ0n) is 8.83. The van der Waals surface area contributed by atoms with Crippen LogP contribution in [0.5, 0.6) is 0 Å². The van der Waals surface area contributed by atoms with Gasteiger partial charge in [-0.3, -0.25) is 0 Å². The van der Waals surface area contributed by atoms with Crippen molar-refractivity contribution in [1.29, 1.82) is 0 Å². The predicted molar refractivity (Wildman–Crippen MR) is 54.7 cm³/mol. The molecule has 0 aromatic heterocycles. The summed E-state index contributed by atoms with van der Waals surface area (Å²) in [4.78, 5) is 0. The Kier molecular flexibility index (Phi) is 3.93. The second-order valence-electron chi connectivity index (χ2n) is 3.64. The normalized spacial score (nSPS) is 15.9. The van der Waals surface area contributed by atoms with E-state index in [-0.39, 0.29) is 0 Å². The molecule has 1 aromatic carbocycles. The molecule has 5 heteroatoms. The van der Waals surface area contributed by atoms with Crippen molar-refractivity contribution >= 4 is 0 Å². The fourth-order valence-corrected chi connectivity index (χ4v) is 1.34. The van der Waals surface area contributed by atoms with Crippen molar-refractivity contribution < 1.29 is 18.3 Å². The van der Waals surface area contributed by atoms with E-state index in [2.05, 4.69) is 0 Å². The van der Waals surface area contributed by atoms with Crippen LogP contribution in [0.3, 0.4) is 0 Å². The SMILES string of the molecule is CC[C@H](N)[C@H](O)c1ccc(C(F)(F)F)cc1. The fourth-order valence-electron chi connectivity index (χ4n) is 1.34. The molecule has 0 heterocycles. The zero-order chi connectivity index (χ0) is 12.3. The molecular weight excluding hydrogens is 219 g/mol. The highest BCUT2D eigenvalue weighted by molar-refractivity contribution is 5.26. The smallest absolute Gasteiger partial charge is 0.387 e. The number of benzene rings is 1. The lowest BCUT2D eigenvalue weighted by Gasteiger charge is -2.18. The van der Waals surface area contributed by atoms with Gasteiger partial charge >= 0.3 is 6.18 Å². The summed E-state index contributed by atoms with van der Waals surface area (Å²) in [5.41, 5.74) is 5.28. The van der Waals surface area contributed by atoms with Gasteiger partial charge in [-0.2, -0.15) is 13.2 Å². The zero-order valence-corrected chi connectivity index (χ0v) is 8.83. The van der Waals surface area contributed by atoms with E-state index in [9.17, 15) is 18.3 Å². The monoisotopic (exact) mass is 233 g/mol. The summed E-state index contributed by atoms with van der Waals surface area (Å²) in [5, 5.41) is 9.68. The highest BCUT2D eigenvalue weighted by Crippen LogP contribution is 2.30. The van der Waals surface area contributed by atoms with Crippen molar-refractivity contribution in [3.05, 3.63) is 35.4 Å². The Labute approximate surface area is 91.9 Å². The maximum atomic E-state index is 12.3. The van der Waals surface area contributed by atoms with Crippen molar-refractivity contribution in [1.82, 2.24) is 0 Å². The van der Waals surface area contributed by atoms with Crippen LogP contribution < -0.4 is 5.73 Å². The topological polar surface area (TPSA) is 46.2 Å². The highest BCUT2D eigenvalue weighted by Gasteiger charge is 2.30. The van der Waals surface area contributed by atoms with Gasteiger partial charge in [0, 0.05) is 6.04 Å². The summed E-state index contributed by atoms with van der Waals surface area (Å²) >= 11 is 0. The number of rotatable bonds is 3. The molecule has 0 saturated carbocycles. The van der Waals surface area contributed by atoms with Gasteiger partial charge in [0.1, 0.15) is 0 Å². The van der Waals surface area contributed by atoms with E-state index in [1.165, 1.54) is 12.1 Å². The van der Waals surface area contributed by atoms with Crippen LogP contribution in [0.15, 0.2) is 24.3 Å². The minimum atomic E-state index is -4.35. The first-order valence-corrected chi connectivity index (χ1v) is 4.97. The van der Waals surface area contributed by atoms with Gasteiger partial charge in [-0.1, -0.05) is 19.1 Å². The Morgan fingerprint density at radius 3 is 2.12 bits per heavy atom. The molecule has 2 atom stereocenters. The third kappa shape index (κ3) is 2.96. The van der Waals surface area contributed by atoms with Gasteiger partial charge in [-0.25, -0.2) is 0 Å². The molecule has 0 radical (unpaired) electrons.